The predicted octanol–water partition coefficient (Wildman–Crippen LogP) is 1.10. The quantitative estimate of drug-likeness (QED) is 0.555. The molecule has 0 aromatic heterocycles. The van der Waals surface area contributed by atoms with Crippen LogP contribution in [0, 0.1) is 0 Å². The van der Waals surface area contributed by atoms with Crippen molar-refractivity contribution in [2.75, 3.05) is 0 Å². The van der Waals surface area contributed by atoms with Gasteiger partial charge in [0.1, 0.15) is 5.60 Å². The second kappa shape index (κ2) is 3.13. The molecule has 1 unspecified atom stereocenters. The molecule has 0 amide bonds. The number of hydrogen-bond donors (Lipinski definition) is 0. The fraction of sp³-hybridized carbons (Fsp3) is 0.750. The lowest BCUT2D eigenvalue weighted by molar-refractivity contribution is -0.166. The Kier molecular flexibility index (Phi) is 2.35. The van der Waals surface area contributed by atoms with Crippen molar-refractivity contribution >= 4 is 12.2 Å². The molecular formula is C8H13NO3. The van der Waals surface area contributed by atoms with Gasteiger partial charge in [0.25, 0.3) is 0 Å². The van der Waals surface area contributed by atoms with E-state index in [0.29, 0.717) is 6.42 Å². The van der Waals surface area contributed by atoms with Crippen molar-refractivity contribution in [3.05, 3.63) is 0 Å². The third-order valence-corrected chi connectivity index (χ3v) is 1.25. The molecule has 0 aliphatic carbocycles. The third-order valence-electron chi connectivity index (χ3n) is 1.25. The summed E-state index contributed by atoms with van der Waals surface area (Å²) < 4.78 is 5.08. The van der Waals surface area contributed by atoms with Crippen LogP contribution < -0.4 is 0 Å². The lowest BCUT2D eigenvalue weighted by Crippen LogP contribution is -2.31. The molecule has 0 saturated carbocycles. The van der Waals surface area contributed by atoms with Crippen molar-refractivity contribution in [2.24, 2.45) is 5.16 Å². The molecule has 0 N–H and O–H groups in total. The molecular weight excluding hydrogens is 158 g/mol. The van der Waals surface area contributed by atoms with Gasteiger partial charge in [-0.05, 0) is 20.8 Å². The first-order valence-corrected chi connectivity index (χ1v) is 3.89. The van der Waals surface area contributed by atoms with E-state index in [2.05, 4.69) is 5.16 Å². The maximum atomic E-state index is 11.2. The van der Waals surface area contributed by atoms with Gasteiger partial charge in [-0.15, -0.1) is 0 Å². The highest BCUT2D eigenvalue weighted by Crippen LogP contribution is 2.13. The molecule has 0 bridgehead atoms. The van der Waals surface area contributed by atoms with Crippen molar-refractivity contribution in [1.29, 1.82) is 0 Å². The summed E-state index contributed by atoms with van der Waals surface area (Å²) in [6.45, 7) is 5.46. The van der Waals surface area contributed by atoms with E-state index in [1.54, 1.807) is 6.21 Å². The Morgan fingerprint density at radius 2 is 2.33 bits per heavy atom. The van der Waals surface area contributed by atoms with E-state index in [1.807, 2.05) is 20.8 Å². The summed E-state index contributed by atoms with van der Waals surface area (Å²) in [7, 11) is 0. The number of ether oxygens (including phenoxy) is 1. The summed E-state index contributed by atoms with van der Waals surface area (Å²) in [5.41, 5.74) is -0.455. The number of oxime groups is 1. The van der Waals surface area contributed by atoms with Gasteiger partial charge in [-0.2, -0.15) is 0 Å². The molecule has 0 radical (unpaired) electrons. The van der Waals surface area contributed by atoms with E-state index in [4.69, 9.17) is 9.57 Å². The number of carbonyl (C=O) groups excluding carboxylic acids is 1. The van der Waals surface area contributed by atoms with E-state index in [0.717, 1.165) is 0 Å². The molecule has 1 heterocycles. The number of rotatable bonds is 1. The molecule has 1 aliphatic heterocycles. The topological polar surface area (TPSA) is 47.9 Å². The standard InChI is InChI=1S/C8H13NO3/c1-8(2,3)11-7(10)6-4-5-9-12-6/h5-6H,4H2,1-3H3. The summed E-state index contributed by atoms with van der Waals surface area (Å²) in [4.78, 5) is 16.0. The molecule has 12 heavy (non-hydrogen) atoms. The van der Waals surface area contributed by atoms with E-state index >= 15 is 0 Å². The molecule has 1 rings (SSSR count). The van der Waals surface area contributed by atoms with E-state index < -0.39 is 11.7 Å². The summed E-state index contributed by atoms with van der Waals surface area (Å²) in [5, 5.41) is 3.49. The van der Waals surface area contributed by atoms with Crippen LogP contribution >= 0.6 is 0 Å². The minimum atomic E-state index is -0.538. The molecule has 0 spiro atoms. The fourth-order valence-corrected chi connectivity index (χ4v) is 0.805. The molecule has 4 heteroatoms. The van der Waals surface area contributed by atoms with E-state index in [9.17, 15) is 4.79 Å². The molecule has 68 valence electrons. The minimum absolute atomic E-state index is 0.347. The predicted molar refractivity (Wildman–Crippen MR) is 43.8 cm³/mol. The zero-order valence-electron chi connectivity index (χ0n) is 7.53. The van der Waals surface area contributed by atoms with Crippen molar-refractivity contribution in [1.82, 2.24) is 0 Å². The van der Waals surface area contributed by atoms with Crippen LogP contribution in [0.25, 0.3) is 0 Å². The average Bonchev–Trinajstić information content (AvgIpc) is 2.32. The highest BCUT2D eigenvalue weighted by molar-refractivity contribution is 5.80. The maximum absolute atomic E-state index is 11.2. The molecule has 0 aromatic carbocycles. The average molecular weight is 171 g/mol. The lowest BCUT2D eigenvalue weighted by atomic mass is 10.2. The Hall–Kier alpha value is -1.06. The molecule has 1 aliphatic rings. The first kappa shape index (κ1) is 9.03. The van der Waals surface area contributed by atoms with Gasteiger partial charge in [-0.25, -0.2) is 4.79 Å². The Bertz CT molecular complexity index is 197. The van der Waals surface area contributed by atoms with Gasteiger partial charge in [0.2, 0.25) is 6.10 Å². The Balaban J connectivity index is 2.39. The van der Waals surface area contributed by atoms with Gasteiger partial charge in [0.15, 0.2) is 0 Å². The highest BCUT2D eigenvalue weighted by atomic mass is 16.7. The van der Waals surface area contributed by atoms with Crippen molar-refractivity contribution in [2.45, 2.75) is 38.9 Å². The Labute approximate surface area is 71.5 Å². The van der Waals surface area contributed by atoms with Crippen LogP contribution in [0.2, 0.25) is 0 Å². The molecule has 0 saturated heterocycles. The molecule has 1 atom stereocenters. The van der Waals surface area contributed by atoms with Crippen LogP contribution in [0.4, 0.5) is 0 Å². The minimum Gasteiger partial charge on any atom is -0.457 e. The zero-order valence-corrected chi connectivity index (χ0v) is 7.53. The Morgan fingerprint density at radius 1 is 1.67 bits per heavy atom. The zero-order chi connectivity index (χ0) is 9.19. The van der Waals surface area contributed by atoms with Gasteiger partial charge >= 0.3 is 5.97 Å². The first-order valence-electron chi connectivity index (χ1n) is 3.89. The van der Waals surface area contributed by atoms with Crippen LogP contribution in [0.3, 0.4) is 0 Å². The SMILES string of the molecule is CC(C)(C)OC(=O)C1CC=NO1. The van der Waals surface area contributed by atoms with Crippen LogP contribution in [0.1, 0.15) is 27.2 Å². The van der Waals surface area contributed by atoms with Crippen LogP contribution in [-0.4, -0.2) is 23.9 Å². The largest absolute Gasteiger partial charge is 0.457 e. The highest BCUT2D eigenvalue weighted by Gasteiger charge is 2.28. The number of hydrogen-bond acceptors (Lipinski definition) is 4. The van der Waals surface area contributed by atoms with Gasteiger partial charge in [-0.3, -0.25) is 0 Å². The van der Waals surface area contributed by atoms with E-state index in [-0.39, 0.29) is 5.97 Å². The monoisotopic (exact) mass is 171 g/mol. The summed E-state index contributed by atoms with van der Waals surface area (Å²) in [6.07, 6.45) is 1.54. The van der Waals surface area contributed by atoms with Crippen molar-refractivity contribution < 1.29 is 14.4 Å². The van der Waals surface area contributed by atoms with Gasteiger partial charge < -0.3 is 9.57 Å². The molecule has 0 fully saturated rings. The third kappa shape index (κ3) is 2.53. The fourth-order valence-electron chi connectivity index (χ4n) is 0.805. The van der Waals surface area contributed by atoms with Crippen molar-refractivity contribution in [3.63, 3.8) is 0 Å². The van der Waals surface area contributed by atoms with Crippen LogP contribution in [0.5, 0.6) is 0 Å². The summed E-state index contributed by atoms with van der Waals surface area (Å²) in [5.74, 6) is -0.347. The molecule has 0 aromatic rings. The lowest BCUT2D eigenvalue weighted by Gasteiger charge is -2.20. The summed E-state index contributed by atoms with van der Waals surface area (Å²) >= 11 is 0. The number of esters is 1. The second-order valence-electron chi connectivity index (χ2n) is 3.65. The van der Waals surface area contributed by atoms with Gasteiger partial charge in [-0.1, -0.05) is 5.16 Å². The molecule has 4 nitrogen and oxygen atoms in total. The number of carbonyl (C=O) groups is 1. The smallest absolute Gasteiger partial charge is 0.351 e. The maximum Gasteiger partial charge on any atom is 0.351 e. The first-order chi connectivity index (χ1) is 5.49. The van der Waals surface area contributed by atoms with Crippen LogP contribution in [-0.2, 0) is 14.4 Å². The van der Waals surface area contributed by atoms with Crippen molar-refractivity contribution in [3.8, 4) is 0 Å². The normalized spacial score (nSPS) is 22.1. The van der Waals surface area contributed by atoms with Crippen LogP contribution in [0.15, 0.2) is 5.16 Å². The van der Waals surface area contributed by atoms with Gasteiger partial charge in [0.05, 0.1) is 0 Å². The van der Waals surface area contributed by atoms with E-state index in [1.165, 1.54) is 0 Å². The summed E-state index contributed by atoms with van der Waals surface area (Å²) in [6, 6.07) is 0. The Morgan fingerprint density at radius 3 is 2.75 bits per heavy atom. The van der Waals surface area contributed by atoms with Gasteiger partial charge in [0, 0.05) is 12.6 Å². The number of nitrogens with zero attached hydrogens (tertiary/aromatic N) is 1. The second-order valence-corrected chi connectivity index (χ2v) is 3.65.